The predicted octanol–water partition coefficient (Wildman–Crippen LogP) is 3.84. The number of nitrogen functional groups attached to an aromatic ring is 1. The minimum Gasteiger partial charge on any atom is -0.438 e. The second kappa shape index (κ2) is 4.75. The van der Waals surface area contributed by atoms with Crippen LogP contribution in [0.25, 0.3) is 0 Å². The Morgan fingerprint density at radius 2 is 1.94 bits per heavy atom. The summed E-state index contributed by atoms with van der Waals surface area (Å²) in [5.74, 6) is 1.29. The Hall–Kier alpha value is -1.55. The minimum absolute atomic E-state index is 0.543. The van der Waals surface area contributed by atoms with E-state index in [0.717, 1.165) is 15.9 Å². The van der Waals surface area contributed by atoms with E-state index in [4.69, 9.17) is 10.5 Å². The Bertz CT molecular complexity index is 555. The molecule has 0 saturated carbocycles. The number of hydrogen-bond acceptors (Lipinski definition) is 3. The number of nitrogens with zero attached hydrogens (tertiary/aromatic N) is 1. The van der Waals surface area contributed by atoms with Crippen molar-refractivity contribution >= 4 is 21.6 Å². The van der Waals surface area contributed by atoms with Crippen LogP contribution < -0.4 is 10.5 Å². The molecule has 2 aromatic rings. The highest BCUT2D eigenvalue weighted by molar-refractivity contribution is 9.10. The summed E-state index contributed by atoms with van der Waals surface area (Å²) >= 11 is 3.46. The van der Waals surface area contributed by atoms with E-state index in [0.29, 0.717) is 11.6 Å². The first kappa shape index (κ1) is 11.9. The smallest absolute Gasteiger partial charge is 0.219 e. The molecule has 17 heavy (non-hydrogen) atoms. The molecule has 0 fully saturated rings. The van der Waals surface area contributed by atoms with Crippen LogP contribution in [-0.2, 0) is 0 Å². The molecule has 0 amide bonds. The summed E-state index contributed by atoms with van der Waals surface area (Å²) in [4.78, 5) is 4.26. The summed E-state index contributed by atoms with van der Waals surface area (Å²) in [5.41, 5.74) is 8.31. The molecule has 0 radical (unpaired) electrons. The molecule has 0 spiro atoms. The van der Waals surface area contributed by atoms with Gasteiger partial charge in [-0.05, 0) is 53.5 Å². The first-order chi connectivity index (χ1) is 8.06. The number of benzene rings is 1. The van der Waals surface area contributed by atoms with Crippen molar-refractivity contribution in [1.29, 1.82) is 0 Å². The maximum absolute atomic E-state index is 5.70. The Morgan fingerprint density at radius 1 is 1.18 bits per heavy atom. The van der Waals surface area contributed by atoms with Crippen molar-refractivity contribution in [2.24, 2.45) is 0 Å². The lowest BCUT2D eigenvalue weighted by molar-refractivity contribution is 0.459. The van der Waals surface area contributed by atoms with E-state index in [1.54, 1.807) is 12.1 Å². The fourth-order valence-electron chi connectivity index (χ4n) is 1.41. The van der Waals surface area contributed by atoms with Crippen molar-refractivity contribution < 1.29 is 4.74 Å². The normalized spacial score (nSPS) is 10.3. The van der Waals surface area contributed by atoms with Gasteiger partial charge in [0.1, 0.15) is 5.75 Å². The van der Waals surface area contributed by atoms with Gasteiger partial charge in [-0.1, -0.05) is 6.07 Å². The van der Waals surface area contributed by atoms with Crippen molar-refractivity contribution in [3.05, 3.63) is 46.1 Å². The summed E-state index contributed by atoms with van der Waals surface area (Å²) in [6, 6.07) is 9.45. The quantitative estimate of drug-likeness (QED) is 0.915. The SMILES string of the molecule is Cc1ccc(Oc2ccc(N)c(C)n2)c(Br)c1. The summed E-state index contributed by atoms with van der Waals surface area (Å²) in [6.45, 7) is 3.88. The van der Waals surface area contributed by atoms with Crippen LogP contribution >= 0.6 is 15.9 Å². The minimum atomic E-state index is 0.543. The average Bonchev–Trinajstić information content (AvgIpc) is 2.27. The van der Waals surface area contributed by atoms with Crippen LogP contribution in [-0.4, -0.2) is 4.98 Å². The number of aryl methyl sites for hydroxylation is 2. The van der Waals surface area contributed by atoms with Gasteiger partial charge in [0, 0.05) is 6.07 Å². The van der Waals surface area contributed by atoms with E-state index < -0.39 is 0 Å². The fourth-order valence-corrected chi connectivity index (χ4v) is 1.98. The van der Waals surface area contributed by atoms with Gasteiger partial charge in [0.25, 0.3) is 0 Å². The maximum Gasteiger partial charge on any atom is 0.219 e. The lowest BCUT2D eigenvalue weighted by Crippen LogP contribution is -1.95. The van der Waals surface area contributed by atoms with Gasteiger partial charge in [-0.2, -0.15) is 0 Å². The largest absolute Gasteiger partial charge is 0.438 e. The molecular formula is C13H13BrN2O. The first-order valence-electron chi connectivity index (χ1n) is 5.23. The van der Waals surface area contributed by atoms with Gasteiger partial charge in [0.05, 0.1) is 15.9 Å². The van der Waals surface area contributed by atoms with E-state index in [2.05, 4.69) is 20.9 Å². The lowest BCUT2D eigenvalue weighted by atomic mass is 10.2. The molecule has 0 aliphatic carbocycles. The molecule has 0 saturated heterocycles. The number of aromatic nitrogens is 1. The van der Waals surface area contributed by atoms with Gasteiger partial charge >= 0.3 is 0 Å². The van der Waals surface area contributed by atoms with Crippen LogP contribution in [0.1, 0.15) is 11.3 Å². The van der Waals surface area contributed by atoms with Crippen molar-refractivity contribution in [2.45, 2.75) is 13.8 Å². The van der Waals surface area contributed by atoms with Crippen LogP contribution in [0.15, 0.2) is 34.8 Å². The Labute approximate surface area is 109 Å². The van der Waals surface area contributed by atoms with Crippen molar-refractivity contribution in [2.75, 3.05) is 5.73 Å². The summed E-state index contributed by atoms with van der Waals surface area (Å²) < 4.78 is 6.60. The molecule has 1 heterocycles. The molecular weight excluding hydrogens is 280 g/mol. The van der Waals surface area contributed by atoms with Crippen LogP contribution in [0, 0.1) is 13.8 Å². The number of ether oxygens (including phenoxy) is 1. The highest BCUT2D eigenvalue weighted by Crippen LogP contribution is 2.30. The number of hydrogen-bond donors (Lipinski definition) is 1. The average molecular weight is 293 g/mol. The third-order valence-corrected chi connectivity index (χ3v) is 3.02. The Morgan fingerprint density at radius 3 is 2.59 bits per heavy atom. The molecule has 1 aromatic heterocycles. The molecule has 4 heteroatoms. The zero-order chi connectivity index (χ0) is 12.4. The van der Waals surface area contributed by atoms with Gasteiger partial charge in [-0.25, -0.2) is 4.98 Å². The third-order valence-electron chi connectivity index (χ3n) is 2.40. The second-order valence-corrected chi connectivity index (χ2v) is 4.71. The van der Waals surface area contributed by atoms with Gasteiger partial charge in [-0.3, -0.25) is 0 Å². The molecule has 2 rings (SSSR count). The highest BCUT2D eigenvalue weighted by atomic mass is 79.9. The van der Waals surface area contributed by atoms with Crippen molar-refractivity contribution in [1.82, 2.24) is 4.98 Å². The molecule has 0 unspecified atom stereocenters. The van der Waals surface area contributed by atoms with Gasteiger partial charge < -0.3 is 10.5 Å². The molecule has 1 aromatic carbocycles. The van der Waals surface area contributed by atoms with E-state index in [1.807, 2.05) is 32.0 Å². The molecule has 0 atom stereocenters. The monoisotopic (exact) mass is 292 g/mol. The molecule has 0 bridgehead atoms. The van der Waals surface area contributed by atoms with Crippen molar-refractivity contribution in [3.63, 3.8) is 0 Å². The summed E-state index contributed by atoms with van der Waals surface area (Å²) in [7, 11) is 0. The number of rotatable bonds is 2. The Kier molecular flexibility index (Phi) is 3.33. The first-order valence-corrected chi connectivity index (χ1v) is 6.02. The topological polar surface area (TPSA) is 48.1 Å². The number of nitrogens with two attached hydrogens (primary N) is 1. The fraction of sp³-hybridized carbons (Fsp3) is 0.154. The zero-order valence-corrected chi connectivity index (χ0v) is 11.3. The van der Waals surface area contributed by atoms with E-state index in [-0.39, 0.29) is 0 Å². The van der Waals surface area contributed by atoms with Gasteiger partial charge in [0.2, 0.25) is 5.88 Å². The predicted molar refractivity (Wildman–Crippen MR) is 72.3 cm³/mol. The number of halogens is 1. The molecule has 3 nitrogen and oxygen atoms in total. The number of anilines is 1. The molecule has 0 aliphatic heterocycles. The molecule has 0 aliphatic rings. The summed E-state index contributed by atoms with van der Waals surface area (Å²) in [6.07, 6.45) is 0. The zero-order valence-electron chi connectivity index (χ0n) is 9.70. The van der Waals surface area contributed by atoms with Crippen LogP contribution in [0.3, 0.4) is 0 Å². The molecule has 2 N–H and O–H groups in total. The summed E-state index contributed by atoms with van der Waals surface area (Å²) in [5, 5.41) is 0. The van der Waals surface area contributed by atoms with Crippen LogP contribution in [0.2, 0.25) is 0 Å². The highest BCUT2D eigenvalue weighted by Gasteiger charge is 2.05. The van der Waals surface area contributed by atoms with E-state index >= 15 is 0 Å². The van der Waals surface area contributed by atoms with Gasteiger partial charge in [-0.15, -0.1) is 0 Å². The van der Waals surface area contributed by atoms with Gasteiger partial charge in [0.15, 0.2) is 0 Å². The lowest BCUT2D eigenvalue weighted by Gasteiger charge is -2.08. The van der Waals surface area contributed by atoms with Crippen LogP contribution in [0.4, 0.5) is 5.69 Å². The molecule has 88 valence electrons. The third kappa shape index (κ3) is 2.77. The van der Waals surface area contributed by atoms with E-state index in [9.17, 15) is 0 Å². The van der Waals surface area contributed by atoms with E-state index in [1.165, 1.54) is 5.56 Å². The second-order valence-electron chi connectivity index (χ2n) is 3.86. The Balaban J connectivity index is 2.28. The van der Waals surface area contributed by atoms with Crippen molar-refractivity contribution in [3.8, 4) is 11.6 Å². The standard InChI is InChI=1S/C13H13BrN2O/c1-8-3-5-12(10(14)7-8)17-13-6-4-11(15)9(2)16-13/h3-7H,15H2,1-2H3. The maximum atomic E-state index is 5.70. The number of pyridine rings is 1. The van der Waals surface area contributed by atoms with Crippen LogP contribution in [0.5, 0.6) is 11.6 Å².